The van der Waals surface area contributed by atoms with E-state index in [9.17, 15) is 9.59 Å². The van der Waals surface area contributed by atoms with Gasteiger partial charge in [-0.05, 0) is 29.5 Å². The van der Waals surface area contributed by atoms with Crippen LogP contribution in [0.25, 0.3) is 0 Å². The quantitative estimate of drug-likeness (QED) is 0.0663. The fourth-order valence-electron chi connectivity index (χ4n) is 4.84. The molecule has 3 rings (SSSR count). The van der Waals surface area contributed by atoms with Gasteiger partial charge >= 0.3 is 11.9 Å². The van der Waals surface area contributed by atoms with Crippen molar-refractivity contribution in [2.24, 2.45) is 0 Å². The number of ether oxygens (including phenoxy) is 7. The van der Waals surface area contributed by atoms with Gasteiger partial charge in [0, 0.05) is 12.8 Å². The highest BCUT2D eigenvalue weighted by Gasteiger charge is 2.37. The number of esters is 1. The second-order valence-corrected chi connectivity index (χ2v) is 10.5. The molecule has 0 radical (unpaired) electrons. The Balaban J connectivity index is 1.18. The van der Waals surface area contributed by atoms with Crippen LogP contribution >= 0.6 is 0 Å². The van der Waals surface area contributed by atoms with Crippen LogP contribution in [0.4, 0.5) is 0 Å². The molecular weight excluding hydrogens is 604 g/mol. The predicted molar refractivity (Wildman–Crippen MR) is 176 cm³/mol. The van der Waals surface area contributed by atoms with Crippen molar-refractivity contribution in [1.82, 2.24) is 0 Å². The summed E-state index contributed by atoms with van der Waals surface area (Å²) in [6, 6.07) is 30.8. The normalized spacial score (nSPS) is 11.4. The van der Waals surface area contributed by atoms with Crippen molar-refractivity contribution in [3.05, 3.63) is 108 Å². The van der Waals surface area contributed by atoms with Gasteiger partial charge in [-0.2, -0.15) is 0 Å². The lowest BCUT2D eigenvalue weighted by molar-refractivity contribution is -0.146. The number of hydrogen-bond donors (Lipinski definition) is 1. The molecule has 47 heavy (non-hydrogen) atoms. The number of aliphatic carboxylic acids is 1. The van der Waals surface area contributed by atoms with Crippen LogP contribution in [0, 0.1) is 0 Å². The Morgan fingerprint density at radius 2 is 0.809 bits per heavy atom. The minimum atomic E-state index is -0.861. The van der Waals surface area contributed by atoms with Crippen LogP contribution in [-0.2, 0) is 48.3 Å². The molecule has 0 heterocycles. The standard InChI is InChI=1S/C37H48O10/c38-35(39)18-10-11-19-36(40)46-30-28-44-26-24-42-22-20-41-21-23-43-25-27-45-29-31-47-37(32-12-4-1-5-13-32,33-14-6-2-7-15-33)34-16-8-3-9-17-34/h1-9,12-17H,10-11,18-31H2,(H,38,39). The molecular formula is C37H48O10. The van der Waals surface area contributed by atoms with E-state index in [2.05, 4.69) is 36.4 Å². The highest BCUT2D eigenvalue weighted by atomic mass is 16.6. The molecule has 0 saturated carbocycles. The minimum absolute atomic E-state index is 0.0605. The number of carboxylic acids is 1. The van der Waals surface area contributed by atoms with Gasteiger partial charge in [0.05, 0.1) is 72.7 Å². The lowest BCUT2D eigenvalue weighted by Gasteiger charge is -2.36. The first-order valence-electron chi connectivity index (χ1n) is 16.2. The smallest absolute Gasteiger partial charge is 0.305 e. The summed E-state index contributed by atoms with van der Waals surface area (Å²) in [5.74, 6) is -1.21. The van der Waals surface area contributed by atoms with E-state index in [4.69, 9.17) is 38.3 Å². The average Bonchev–Trinajstić information content (AvgIpc) is 3.10. The molecule has 0 aliphatic rings. The van der Waals surface area contributed by atoms with Gasteiger partial charge in [-0.15, -0.1) is 0 Å². The highest BCUT2D eigenvalue weighted by molar-refractivity contribution is 5.69. The van der Waals surface area contributed by atoms with Crippen LogP contribution in [0.15, 0.2) is 91.0 Å². The molecule has 0 saturated heterocycles. The van der Waals surface area contributed by atoms with Crippen molar-refractivity contribution >= 4 is 11.9 Å². The molecule has 3 aromatic rings. The van der Waals surface area contributed by atoms with Crippen molar-refractivity contribution in [2.75, 3.05) is 79.3 Å². The second-order valence-electron chi connectivity index (χ2n) is 10.5. The number of hydrogen-bond acceptors (Lipinski definition) is 9. The first kappa shape index (κ1) is 37.8. The first-order chi connectivity index (χ1) is 23.1. The van der Waals surface area contributed by atoms with Crippen LogP contribution in [0.2, 0.25) is 0 Å². The van der Waals surface area contributed by atoms with E-state index in [-0.39, 0.29) is 32.0 Å². The summed E-state index contributed by atoms with van der Waals surface area (Å²) in [7, 11) is 0. The van der Waals surface area contributed by atoms with E-state index in [1.165, 1.54) is 0 Å². The highest BCUT2D eigenvalue weighted by Crippen LogP contribution is 2.40. The molecule has 0 atom stereocenters. The Hall–Kier alpha value is -3.64. The zero-order valence-corrected chi connectivity index (χ0v) is 27.1. The number of rotatable bonds is 27. The largest absolute Gasteiger partial charge is 0.481 e. The van der Waals surface area contributed by atoms with Gasteiger partial charge in [-0.25, -0.2) is 0 Å². The molecule has 0 aliphatic heterocycles. The van der Waals surface area contributed by atoms with Crippen molar-refractivity contribution in [3.8, 4) is 0 Å². The van der Waals surface area contributed by atoms with Gasteiger partial charge < -0.3 is 38.3 Å². The number of unbranched alkanes of at least 4 members (excludes halogenated alkanes) is 1. The lowest BCUT2D eigenvalue weighted by atomic mass is 9.80. The van der Waals surface area contributed by atoms with Crippen LogP contribution in [-0.4, -0.2) is 96.3 Å². The fourth-order valence-corrected chi connectivity index (χ4v) is 4.84. The van der Waals surface area contributed by atoms with Crippen LogP contribution in [0.1, 0.15) is 42.4 Å². The Bertz CT molecular complexity index is 1130. The summed E-state index contributed by atoms with van der Waals surface area (Å²) in [5, 5.41) is 8.57. The monoisotopic (exact) mass is 652 g/mol. The molecule has 10 nitrogen and oxygen atoms in total. The summed E-state index contributed by atoms with van der Waals surface area (Å²) in [4.78, 5) is 22.0. The second kappa shape index (κ2) is 23.6. The van der Waals surface area contributed by atoms with Gasteiger partial charge in [0.1, 0.15) is 12.2 Å². The van der Waals surface area contributed by atoms with E-state index in [0.29, 0.717) is 78.9 Å². The van der Waals surface area contributed by atoms with Crippen LogP contribution < -0.4 is 0 Å². The number of carbonyl (C=O) groups is 2. The molecule has 0 spiro atoms. The Morgan fingerprint density at radius 1 is 0.468 bits per heavy atom. The number of carbonyl (C=O) groups excluding carboxylic acids is 1. The zero-order valence-electron chi connectivity index (χ0n) is 27.1. The molecule has 0 amide bonds. The maximum Gasteiger partial charge on any atom is 0.305 e. The van der Waals surface area contributed by atoms with Crippen molar-refractivity contribution in [2.45, 2.75) is 31.3 Å². The van der Waals surface area contributed by atoms with Gasteiger partial charge in [0.25, 0.3) is 0 Å². The van der Waals surface area contributed by atoms with Crippen LogP contribution in [0.3, 0.4) is 0 Å². The summed E-state index contributed by atoms with van der Waals surface area (Å²) in [6.45, 7) is 4.78. The molecule has 3 aromatic carbocycles. The maximum absolute atomic E-state index is 11.5. The molecule has 10 heteroatoms. The summed E-state index contributed by atoms with van der Waals surface area (Å²) in [6.07, 6.45) is 1.24. The Kier molecular flexibility index (Phi) is 19.0. The third kappa shape index (κ3) is 14.8. The topological polar surface area (TPSA) is 119 Å². The van der Waals surface area contributed by atoms with Gasteiger partial charge in [0.15, 0.2) is 0 Å². The van der Waals surface area contributed by atoms with Gasteiger partial charge in [-0.1, -0.05) is 91.0 Å². The number of benzene rings is 3. The third-order valence-electron chi connectivity index (χ3n) is 7.09. The average molecular weight is 653 g/mol. The van der Waals surface area contributed by atoms with Crippen molar-refractivity contribution in [1.29, 1.82) is 0 Å². The molecule has 0 unspecified atom stereocenters. The predicted octanol–water partition coefficient (Wildman–Crippen LogP) is 5.27. The lowest BCUT2D eigenvalue weighted by Crippen LogP contribution is -2.34. The molecule has 256 valence electrons. The number of carboxylic acid groups (broad SMARTS) is 1. The molecule has 1 N–H and O–H groups in total. The Labute approximate surface area is 277 Å². The first-order valence-corrected chi connectivity index (χ1v) is 16.2. The fraction of sp³-hybridized carbons (Fsp3) is 0.459. The van der Waals surface area contributed by atoms with E-state index >= 15 is 0 Å². The third-order valence-corrected chi connectivity index (χ3v) is 7.09. The zero-order chi connectivity index (χ0) is 33.3. The van der Waals surface area contributed by atoms with Gasteiger partial charge in [0.2, 0.25) is 0 Å². The Morgan fingerprint density at radius 3 is 1.19 bits per heavy atom. The summed E-state index contributed by atoms with van der Waals surface area (Å²) in [5.41, 5.74) is 2.40. The molecule has 0 fully saturated rings. The SMILES string of the molecule is O=C(O)CCCCC(=O)OCCOCCOCCOCCOCCOCCOC(c1ccccc1)(c1ccccc1)c1ccccc1. The maximum atomic E-state index is 11.5. The summed E-state index contributed by atoms with van der Waals surface area (Å²) >= 11 is 0. The minimum Gasteiger partial charge on any atom is -0.481 e. The van der Waals surface area contributed by atoms with Crippen molar-refractivity contribution < 1.29 is 47.9 Å². The molecule has 0 aromatic heterocycles. The molecule has 0 aliphatic carbocycles. The summed E-state index contributed by atoms with van der Waals surface area (Å²) < 4.78 is 39.5. The van der Waals surface area contributed by atoms with Gasteiger partial charge in [-0.3, -0.25) is 9.59 Å². The molecule has 0 bridgehead atoms. The van der Waals surface area contributed by atoms with Crippen LogP contribution in [0.5, 0.6) is 0 Å². The van der Waals surface area contributed by atoms with E-state index in [1.54, 1.807) is 0 Å². The van der Waals surface area contributed by atoms with Crippen molar-refractivity contribution in [3.63, 3.8) is 0 Å². The van der Waals surface area contributed by atoms with E-state index in [1.807, 2.05) is 54.6 Å². The van der Waals surface area contributed by atoms with E-state index < -0.39 is 11.6 Å². The van der Waals surface area contributed by atoms with E-state index in [0.717, 1.165) is 16.7 Å².